The van der Waals surface area contributed by atoms with Crippen molar-refractivity contribution in [1.82, 2.24) is 19.5 Å². The van der Waals surface area contributed by atoms with E-state index in [0.29, 0.717) is 21.7 Å². The summed E-state index contributed by atoms with van der Waals surface area (Å²) in [5.74, 6) is -0.794. The normalized spacial score (nSPS) is 11.3. The van der Waals surface area contributed by atoms with Gasteiger partial charge in [0.25, 0.3) is 5.56 Å². The molecule has 0 atom stereocenters. The van der Waals surface area contributed by atoms with E-state index in [9.17, 15) is 14.4 Å². The van der Waals surface area contributed by atoms with Crippen LogP contribution in [-0.2, 0) is 7.05 Å². The molecule has 0 saturated carbocycles. The summed E-state index contributed by atoms with van der Waals surface area (Å²) in [5, 5.41) is 1.33. The van der Waals surface area contributed by atoms with Crippen LogP contribution >= 0.6 is 11.8 Å². The number of aromatic nitrogens is 4. The van der Waals surface area contributed by atoms with E-state index < -0.39 is 17.0 Å². The summed E-state index contributed by atoms with van der Waals surface area (Å²) in [6.07, 6.45) is 1.39. The minimum absolute atomic E-state index is 0.103. The number of H-pyrrole nitrogens is 1. The first-order valence-electron chi connectivity index (χ1n) is 7.84. The van der Waals surface area contributed by atoms with Crippen LogP contribution in [0.4, 0.5) is 5.82 Å². The van der Waals surface area contributed by atoms with Gasteiger partial charge in [-0.2, -0.15) is 0 Å². The fourth-order valence-electron chi connectivity index (χ4n) is 2.72. The SMILES string of the molecule is Cn1c(N)c(C(=O)CSc2ncnc3c2oc2ccccc23)c(=O)[nH]c1=O. The lowest BCUT2D eigenvalue weighted by atomic mass is 10.2. The fraction of sp³-hybridized carbons (Fsp3) is 0.118. The van der Waals surface area contributed by atoms with Crippen molar-refractivity contribution in [3.05, 3.63) is 57.0 Å². The Morgan fingerprint density at radius 2 is 2.07 bits per heavy atom. The third-order valence-electron chi connectivity index (χ3n) is 4.11. The molecule has 0 unspecified atom stereocenters. The Morgan fingerprint density at radius 1 is 1.30 bits per heavy atom. The molecule has 3 aromatic heterocycles. The summed E-state index contributed by atoms with van der Waals surface area (Å²) >= 11 is 1.11. The summed E-state index contributed by atoms with van der Waals surface area (Å²) in [4.78, 5) is 46.5. The molecule has 0 aliphatic heterocycles. The number of hydrogen-bond acceptors (Lipinski definition) is 8. The van der Waals surface area contributed by atoms with E-state index in [1.165, 1.54) is 13.4 Å². The first kappa shape index (κ1) is 17.0. The van der Waals surface area contributed by atoms with Crippen molar-refractivity contribution in [2.45, 2.75) is 5.03 Å². The number of nitrogens with one attached hydrogen (secondary N) is 1. The molecule has 4 rings (SSSR count). The van der Waals surface area contributed by atoms with Crippen LogP contribution in [0.25, 0.3) is 22.1 Å². The molecular weight excluding hydrogens is 370 g/mol. The Hall–Kier alpha value is -3.40. The number of thioether (sulfide) groups is 1. The molecule has 0 saturated heterocycles. The van der Waals surface area contributed by atoms with E-state index in [1.54, 1.807) is 0 Å². The second-order valence-corrected chi connectivity index (χ2v) is 6.71. The predicted octanol–water partition coefficient (Wildman–Crippen LogP) is 1.32. The smallest absolute Gasteiger partial charge is 0.329 e. The number of rotatable bonds is 4. The van der Waals surface area contributed by atoms with Gasteiger partial charge in [0.1, 0.15) is 33.8 Å². The van der Waals surface area contributed by atoms with Crippen LogP contribution in [0.5, 0.6) is 0 Å². The number of carbonyl (C=O) groups is 1. The van der Waals surface area contributed by atoms with Gasteiger partial charge in [0.05, 0.1) is 5.75 Å². The molecule has 0 radical (unpaired) electrons. The average molecular weight is 383 g/mol. The zero-order valence-corrected chi connectivity index (χ0v) is 14.9. The molecule has 9 nitrogen and oxygen atoms in total. The number of nitrogens with two attached hydrogens (primary N) is 1. The van der Waals surface area contributed by atoms with Gasteiger partial charge in [-0.25, -0.2) is 14.8 Å². The van der Waals surface area contributed by atoms with Gasteiger partial charge >= 0.3 is 5.69 Å². The van der Waals surface area contributed by atoms with Crippen LogP contribution < -0.4 is 17.0 Å². The topological polar surface area (TPSA) is 137 Å². The van der Waals surface area contributed by atoms with Gasteiger partial charge in [0.15, 0.2) is 11.4 Å². The summed E-state index contributed by atoms with van der Waals surface area (Å²) in [5.41, 5.74) is 5.81. The highest BCUT2D eigenvalue weighted by Gasteiger charge is 2.20. The van der Waals surface area contributed by atoms with Crippen molar-refractivity contribution in [2.24, 2.45) is 7.05 Å². The first-order chi connectivity index (χ1) is 13.0. The number of aromatic amines is 1. The number of anilines is 1. The maximum atomic E-state index is 12.5. The van der Waals surface area contributed by atoms with Crippen molar-refractivity contribution in [2.75, 3.05) is 11.5 Å². The highest BCUT2D eigenvalue weighted by molar-refractivity contribution is 8.00. The molecule has 0 fully saturated rings. The van der Waals surface area contributed by atoms with E-state index in [2.05, 4.69) is 15.0 Å². The first-order valence-corrected chi connectivity index (χ1v) is 8.83. The maximum absolute atomic E-state index is 12.5. The Kier molecular flexibility index (Phi) is 4.04. The highest BCUT2D eigenvalue weighted by Crippen LogP contribution is 2.32. The fourth-order valence-corrected chi connectivity index (χ4v) is 3.52. The average Bonchev–Trinajstić information content (AvgIpc) is 3.04. The van der Waals surface area contributed by atoms with Gasteiger partial charge < -0.3 is 10.2 Å². The van der Waals surface area contributed by atoms with Gasteiger partial charge in [0.2, 0.25) is 0 Å². The lowest BCUT2D eigenvalue weighted by Crippen LogP contribution is -2.35. The number of furan rings is 1. The van der Waals surface area contributed by atoms with Crippen LogP contribution in [0.15, 0.2) is 49.6 Å². The molecule has 0 bridgehead atoms. The largest absolute Gasteiger partial charge is 0.451 e. The Bertz CT molecular complexity index is 1320. The third kappa shape index (κ3) is 2.79. The number of hydrogen-bond donors (Lipinski definition) is 2. The van der Waals surface area contributed by atoms with Crippen LogP contribution in [0, 0.1) is 0 Å². The number of nitrogen functional groups attached to an aromatic ring is 1. The minimum atomic E-state index is -0.808. The second kappa shape index (κ2) is 6.40. The molecule has 4 aromatic rings. The quantitative estimate of drug-likeness (QED) is 0.306. The second-order valence-electron chi connectivity index (χ2n) is 5.75. The number of Topliss-reactive ketones (excluding diaryl/α,β-unsaturated/α-hetero) is 1. The van der Waals surface area contributed by atoms with Crippen molar-refractivity contribution in [3.63, 3.8) is 0 Å². The van der Waals surface area contributed by atoms with Gasteiger partial charge in [-0.05, 0) is 12.1 Å². The molecule has 0 aliphatic rings. The number of benzene rings is 1. The molecule has 136 valence electrons. The summed E-state index contributed by atoms with van der Waals surface area (Å²) in [6.45, 7) is 0. The number of carbonyl (C=O) groups excluding carboxylic acids is 1. The zero-order valence-electron chi connectivity index (χ0n) is 14.1. The van der Waals surface area contributed by atoms with Crippen LogP contribution in [0.3, 0.4) is 0 Å². The van der Waals surface area contributed by atoms with E-state index in [4.69, 9.17) is 10.2 Å². The highest BCUT2D eigenvalue weighted by atomic mass is 32.2. The van der Waals surface area contributed by atoms with E-state index in [0.717, 1.165) is 21.7 Å². The number of ketones is 1. The molecule has 1 aromatic carbocycles. The molecule has 27 heavy (non-hydrogen) atoms. The molecule has 3 N–H and O–H groups in total. The van der Waals surface area contributed by atoms with Crippen LogP contribution in [0.1, 0.15) is 10.4 Å². The zero-order chi connectivity index (χ0) is 19.1. The van der Waals surface area contributed by atoms with Gasteiger partial charge in [-0.3, -0.25) is 19.1 Å². The summed E-state index contributed by atoms with van der Waals surface area (Å²) < 4.78 is 6.82. The lowest BCUT2D eigenvalue weighted by molar-refractivity contribution is 0.102. The molecule has 0 aliphatic carbocycles. The van der Waals surface area contributed by atoms with Crippen LogP contribution in [0.2, 0.25) is 0 Å². The van der Waals surface area contributed by atoms with Gasteiger partial charge in [0, 0.05) is 12.4 Å². The minimum Gasteiger partial charge on any atom is -0.451 e. The summed E-state index contributed by atoms with van der Waals surface area (Å²) in [7, 11) is 1.37. The van der Waals surface area contributed by atoms with Gasteiger partial charge in [-0.1, -0.05) is 23.9 Å². The Balaban J connectivity index is 1.69. The Labute approximate surface area is 155 Å². The standard InChI is InChI=1S/C17H13N5O4S/c1-22-14(18)11(15(24)21-17(22)25)9(23)6-27-16-13-12(19-7-20-16)8-4-2-3-5-10(8)26-13/h2-5,7H,6,18H2,1H3,(H,21,24,25). The van der Waals surface area contributed by atoms with Gasteiger partial charge in [-0.15, -0.1) is 0 Å². The molecule has 10 heteroatoms. The lowest BCUT2D eigenvalue weighted by Gasteiger charge is -2.07. The van der Waals surface area contributed by atoms with Crippen molar-refractivity contribution in [1.29, 1.82) is 0 Å². The van der Waals surface area contributed by atoms with Crippen molar-refractivity contribution < 1.29 is 9.21 Å². The number of nitrogens with zero attached hydrogens (tertiary/aromatic N) is 3. The van der Waals surface area contributed by atoms with E-state index in [1.807, 2.05) is 24.3 Å². The molecule has 0 amide bonds. The summed E-state index contributed by atoms with van der Waals surface area (Å²) in [6, 6.07) is 7.44. The third-order valence-corrected chi connectivity index (χ3v) is 5.08. The number of para-hydroxylation sites is 1. The maximum Gasteiger partial charge on any atom is 0.329 e. The van der Waals surface area contributed by atoms with Crippen LogP contribution in [-0.4, -0.2) is 31.1 Å². The molecule has 3 heterocycles. The van der Waals surface area contributed by atoms with E-state index >= 15 is 0 Å². The number of fused-ring (bicyclic) bond motifs is 3. The van der Waals surface area contributed by atoms with Crippen molar-refractivity contribution >= 4 is 45.4 Å². The monoisotopic (exact) mass is 383 g/mol. The van der Waals surface area contributed by atoms with Crippen molar-refractivity contribution in [3.8, 4) is 0 Å². The predicted molar refractivity (Wildman–Crippen MR) is 101 cm³/mol. The Morgan fingerprint density at radius 3 is 2.89 bits per heavy atom. The van der Waals surface area contributed by atoms with E-state index in [-0.39, 0.29) is 17.1 Å². The molecular formula is C17H13N5O4S. The molecule has 0 spiro atoms.